The molecule has 1 aliphatic rings. The van der Waals surface area contributed by atoms with Gasteiger partial charge in [0, 0.05) is 24.7 Å². The molecule has 1 atom stereocenters. The molecule has 0 unspecified atom stereocenters. The van der Waals surface area contributed by atoms with E-state index < -0.39 is 0 Å². The van der Waals surface area contributed by atoms with Gasteiger partial charge in [0.05, 0.1) is 25.7 Å². The van der Waals surface area contributed by atoms with Gasteiger partial charge in [0.2, 0.25) is 5.91 Å². The summed E-state index contributed by atoms with van der Waals surface area (Å²) in [7, 11) is 0. The Labute approximate surface area is 160 Å². The van der Waals surface area contributed by atoms with Crippen LogP contribution in [0.4, 0.5) is 0 Å². The fourth-order valence-electron chi connectivity index (χ4n) is 3.23. The van der Waals surface area contributed by atoms with E-state index >= 15 is 0 Å². The normalized spacial score (nSPS) is 16.2. The van der Waals surface area contributed by atoms with Crippen LogP contribution in [0.3, 0.4) is 0 Å². The largest absolute Gasteiger partial charge is 0.379 e. The molecule has 0 bridgehead atoms. The van der Waals surface area contributed by atoms with E-state index in [4.69, 9.17) is 16.3 Å². The number of nitrogens with zero attached hydrogens (tertiary/aromatic N) is 1. The van der Waals surface area contributed by atoms with E-state index in [2.05, 4.69) is 10.2 Å². The number of morpholine rings is 1. The molecule has 4 nitrogen and oxygen atoms in total. The van der Waals surface area contributed by atoms with Crippen LogP contribution in [0, 0.1) is 6.92 Å². The zero-order valence-corrected chi connectivity index (χ0v) is 15.8. The molecule has 1 fully saturated rings. The summed E-state index contributed by atoms with van der Waals surface area (Å²) < 4.78 is 5.47. The van der Waals surface area contributed by atoms with E-state index in [1.807, 2.05) is 55.5 Å². The molecule has 0 radical (unpaired) electrons. The second kappa shape index (κ2) is 9.17. The lowest BCUT2D eigenvalue weighted by atomic mass is 10.0. The molecule has 1 aliphatic heterocycles. The van der Waals surface area contributed by atoms with E-state index in [-0.39, 0.29) is 11.9 Å². The Morgan fingerprint density at radius 1 is 1.15 bits per heavy atom. The molecule has 0 spiro atoms. The van der Waals surface area contributed by atoms with Gasteiger partial charge in [0.15, 0.2) is 0 Å². The quantitative estimate of drug-likeness (QED) is 0.845. The molecule has 3 rings (SSSR count). The first-order valence-electron chi connectivity index (χ1n) is 9.02. The summed E-state index contributed by atoms with van der Waals surface area (Å²) in [4.78, 5) is 14.7. The van der Waals surface area contributed by atoms with Gasteiger partial charge in [-0.2, -0.15) is 0 Å². The Kier molecular flexibility index (Phi) is 6.67. The van der Waals surface area contributed by atoms with E-state index in [0.29, 0.717) is 26.2 Å². The summed E-state index contributed by atoms with van der Waals surface area (Å²) in [5, 5.41) is 3.82. The molecule has 0 saturated carbocycles. The van der Waals surface area contributed by atoms with Crippen molar-refractivity contribution < 1.29 is 9.53 Å². The van der Waals surface area contributed by atoms with Crippen molar-refractivity contribution in [3.8, 4) is 0 Å². The Morgan fingerprint density at radius 2 is 1.85 bits per heavy atom. The SMILES string of the molecule is Cc1ccc(CC(=O)NC[C@@H](c2ccccc2Cl)N2CCOCC2)cc1. The van der Waals surface area contributed by atoms with Crippen molar-refractivity contribution in [3.63, 3.8) is 0 Å². The smallest absolute Gasteiger partial charge is 0.224 e. The van der Waals surface area contributed by atoms with Crippen LogP contribution in [-0.2, 0) is 16.0 Å². The minimum Gasteiger partial charge on any atom is -0.379 e. The maximum Gasteiger partial charge on any atom is 0.224 e. The van der Waals surface area contributed by atoms with Gasteiger partial charge in [0.25, 0.3) is 0 Å². The molecular weight excluding hydrogens is 348 g/mol. The van der Waals surface area contributed by atoms with E-state index in [1.165, 1.54) is 5.56 Å². The monoisotopic (exact) mass is 372 g/mol. The zero-order chi connectivity index (χ0) is 18.4. The third-order valence-electron chi connectivity index (χ3n) is 4.73. The first-order chi connectivity index (χ1) is 12.6. The number of benzene rings is 2. The summed E-state index contributed by atoms with van der Waals surface area (Å²) in [5.74, 6) is 0.0270. The number of hydrogen-bond donors (Lipinski definition) is 1. The van der Waals surface area contributed by atoms with Crippen molar-refractivity contribution in [2.45, 2.75) is 19.4 Å². The van der Waals surface area contributed by atoms with E-state index in [9.17, 15) is 4.79 Å². The number of rotatable bonds is 6. The topological polar surface area (TPSA) is 41.6 Å². The second-order valence-electron chi connectivity index (χ2n) is 6.65. The maximum absolute atomic E-state index is 12.4. The van der Waals surface area contributed by atoms with E-state index in [1.54, 1.807) is 0 Å². The van der Waals surface area contributed by atoms with Gasteiger partial charge in [0.1, 0.15) is 0 Å². The first kappa shape index (κ1) is 18.9. The van der Waals surface area contributed by atoms with Crippen LogP contribution in [0.15, 0.2) is 48.5 Å². The highest BCUT2D eigenvalue weighted by Gasteiger charge is 2.24. The molecule has 138 valence electrons. The molecule has 26 heavy (non-hydrogen) atoms. The van der Waals surface area contributed by atoms with Gasteiger partial charge in [-0.15, -0.1) is 0 Å². The fourth-order valence-corrected chi connectivity index (χ4v) is 3.50. The highest BCUT2D eigenvalue weighted by Crippen LogP contribution is 2.27. The standard InChI is InChI=1S/C21H25ClN2O2/c1-16-6-8-17(9-7-16)14-21(25)23-15-20(24-10-12-26-13-11-24)18-4-2-3-5-19(18)22/h2-9,20H,10-15H2,1H3,(H,23,25)/t20-/m0/s1. The number of carbonyl (C=O) groups is 1. The van der Waals surface area contributed by atoms with Crippen molar-refractivity contribution in [2.75, 3.05) is 32.8 Å². The first-order valence-corrected chi connectivity index (χ1v) is 9.40. The van der Waals surface area contributed by atoms with Gasteiger partial charge < -0.3 is 10.1 Å². The minimum atomic E-state index is 0.0270. The van der Waals surface area contributed by atoms with E-state index in [0.717, 1.165) is 29.2 Å². The highest BCUT2D eigenvalue weighted by molar-refractivity contribution is 6.31. The fraction of sp³-hybridized carbons (Fsp3) is 0.381. The zero-order valence-electron chi connectivity index (χ0n) is 15.1. The van der Waals surface area contributed by atoms with Crippen molar-refractivity contribution in [2.24, 2.45) is 0 Å². The number of aryl methyl sites for hydroxylation is 1. The summed E-state index contributed by atoms with van der Waals surface area (Å²) in [5.41, 5.74) is 3.26. The molecule has 0 aliphatic carbocycles. The van der Waals surface area contributed by atoms with Crippen LogP contribution in [-0.4, -0.2) is 43.7 Å². The third kappa shape index (κ3) is 5.07. The summed E-state index contributed by atoms with van der Waals surface area (Å²) in [6.07, 6.45) is 0.388. The molecule has 2 aromatic carbocycles. The van der Waals surface area contributed by atoms with Crippen LogP contribution >= 0.6 is 11.6 Å². The molecule has 0 aromatic heterocycles. The summed E-state index contributed by atoms with van der Waals surface area (Å²) in [6, 6.07) is 16.0. The third-order valence-corrected chi connectivity index (χ3v) is 5.07. The minimum absolute atomic E-state index is 0.0270. The Hall–Kier alpha value is -1.88. The molecule has 5 heteroatoms. The maximum atomic E-state index is 12.4. The van der Waals surface area contributed by atoms with Crippen molar-refractivity contribution >= 4 is 17.5 Å². The van der Waals surface area contributed by atoms with Gasteiger partial charge in [-0.25, -0.2) is 0 Å². The molecule has 1 saturated heterocycles. The predicted molar refractivity (Wildman–Crippen MR) is 104 cm³/mol. The number of amides is 1. The summed E-state index contributed by atoms with van der Waals surface area (Å²) >= 11 is 6.43. The molecule has 2 aromatic rings. The molecule has 1 heterocycles. The van der Waals surface area contributed by atoms with Crippen LogP contribution in [0.5, 0.6) is 0 Å². The summed E-state index contributed by atoms with van der Waals surface area (Å²) in [6.45, 7) is 5.67. The van der Waals surface area contributed by atoms with Crippen LogP contribution in [0.1, 0.15) is 22.7 Å². The van der Waals surface area contributed by atoms with Crippen molar-refractivity contribution in [1.29, 1.82) is 0 Å². The van der Waals surface area contributed by atoms with Gasteiger partial charge in [-0.05, 0) is 24.1 Å². The average Bonchev–Trinajstić information content (AvgIpc) is 2.66. The number of hydrogen-bond acceptors (Lipinski definition) is 3. The van der Waals surface area contributed by atoms with Crippen LogP contribution < -0.4 is 5.32 Å². The lowest BCUT2D eigenvalue weighted by Gasteiger charge is -2.35. The molecule has 1 amide bonds. The predicted octanol–water partition coefficient (Wildman–Crippen LogP) is 3.38. The Bertz CT molecular complexity index is 727. The van der Waals surface area contributed by atoms with Gasteiger partial charge in [-0.3, -0.25) is 9.69 Å². The van der Waals surface area contributed by atoms with Gasteiger partial charge >= 0.3 is 0 Å². The van der Waals surface area contributed by atoms with Gasteiger partial charge in [-0.1, -0.05) is 59.6 Å². The lowest BCUT2D eigenvalue weighted by Crippen LogP contribution is -2.44. The average molecular weight is 373 g/mol. The molecule has 1 N–H and O–H groups in total. The highest BCUT2D eigenvalue weighted by atomic mass is 35.5. The van der Waals surface area contributed by atoms with Crippen LogP contribution in [0.25, 0.3) is 0 Å². The number of ether oxygens (including phenoxy) is 1. The number of nitrogens with one attached hydrogen (secondary N) is 1. The number of carbonyl (C=O) groups excluding carboxylic acids is 1. The van der Waals surface area contributed by atoms with Crippen molar-refractivity contribution in [1.82, 2.24) is 10.2 Å². The lowest BCUT2D eigenvalue weighted by molar-refractivity contribution is -0.120. The van der Waals surface area contributed by atoms with Crippen LogP contribution in [0.2, 0.25) is 5.02 Å². The number of halogens is 1. The Balaban J connectivity index is 1.66. The molecular formula is C21H25ClN2O2. The second-order valence-corrected chi connectivity index (χ2v) is 7.06. The Morgan fingerprint density at radius 3 is 2.54 bits per heavy atom. The van der Waals surface area contributed by atoms with Crippen molar-refractivity contribution in [3.05, 3.63) is 70.2 Å².